The largest absolute Gasteiger partial charge is 0.457 e. The molecule has 5 nitrogen and oxygen atoms in total. The summed E-state index contributed by atoms with van der Waals surface area (Å²) < 4.78 is 5.71. The molecule has 0 unspecified atom stereocenters. The van der Waals surface area contributed by atoms with Crippen molar-refractivity contribution in [3.8, 4) is 11.5 Å². The number of nitrogens with zero attached hydrogens (tertiary/aromatic N) is 2. The van der Waals surface area contributed by atoms with E-state index in [2.05, 4.69) is 15.5 Å². The number of hydrazone groups is 1. The maximum atomic E-state index is 11.8. The second-order valence-corrected chi connectivity index (χ2v) is 4.92. The molecule has 0 aliphatic rings. The Kier molecular flexibility index (Phi) is 4.94. The van der Waals surface area contributed by atoms with Gasteiger partial charge in [0.1, 0.15) is 11.5 Å². The Labute approximate surface area is 139 Å². The van der Waals surface area contributed by atoms with Gasteiger partial charge in [0.25, 0.3) is 5.91 Å². The molecule has 1 amide bonds. The van der Waals surface area contributed by atoms with E-state index in [1.807, 2.05) is 54.6 Å². The second-order valence-electron chi connectivity index (χ2n) is 4.92. The van der Waals surface area contributed by atoms with Crippen LogP contribution >= 0.6 is 0 Å². The van der Waals surface area contributed by atoms with Gasteiger partial charge >= 0.3 is 0 Å². The van der Waals surface area contributed by atoms with Crippen LogP contribution < -0.4 is 10.2 Å². The lowest BCUT2D eigenvalue weighted by molar-refractivity contribution is 0.0955. The van der Waals surface area contributed by atoms with Gasteiger partial charge in [-0.15, -0.1) is 0 Å². The summed E-state index contributed by atoms with van der Waals surface area (Å²) in [4.78, 5) is 15.7. The van der Waals surface area contributed by atoms with Crippen LogP contribution in [-0.2, 0) is 0 Å². The highest BCUT2D eigenvalue weighted by Gasteiger charge is 2.02. The number of hydrogen-bond acceptors (Lipinski definition) is 4. The lowest BCUT2D eigenvalue weighted by atomic mass is 10.2. The number of nitrogens with one attached hydrogen (secondary N) is 1. The van der Waals surface area contributed by atoms with Crippen molar-refractivity contribution in [2.45, 2.75) is 0 Å². The maximum absolute atomic E-state index is 11.8. The summed E-state index contributed by atoms with van der Waals surface area (Å²) in [6, 6.07) is 20.2. The van der Waals surface area contributed by atoms with Crippen LogP contribution in [-0.4, -0.2) is 17.1 Å². The number of para-hydroxylation sites is 1. The Hall–Kier alpha value is -3.47. The predicted octanol–water partition coefficient (Wildman–Crippen LogP) is 3.64. The molecule has 0 saturated heterocycles. The zero-order valence-corrected chi connectivity index (χ0v) is 12.8. The van der Waals surface area contributed by atoms with E-state index in [0.29, 0.717) is 5.56 Å². The molecular formula is C19H15N3O2. The van der Waals surface area contributed by atoms with E-state index < -0.39 is 0 Å². The van der Waals surface area contributed by atoms with Crippen LogP contribution in [0.2, 0.25) is 0 Å². The van der Waals surface area contributed by atoms with Crippen LogP contribution in [0, 0.1) is 0 Å². The van der Waals surface area contributed by atoms with Gasteiger partial charge in [0.05, 0.1) is 6.21 Å². The van der Waals surface area contributed by atoms with Crippen molar-refractivity contribution >= 4 is 12.1 Å². The summed E-state index contributed by atoms with van der Waals surface area (Å²) in [5.41, 5.74) is 3.83. The fourth-order valence-electron chi connectivity index (χ4n) is 1.98. The molecule has 0 spiro atoms. The van der Waals surface area contributed by atoms with E-state index in [1.54, 1.807) is 30.7 Å². The van der Waals surface area contributed by atoms with Crippen molar-refractivity contribution in [3.05, 3.63) is 90.3 Å². The Morgan fingerprint density at radius 1 is 0.917 bits per heavy atom. The van der Waals surface area contributed by atoms with Gasteiger partial charge in [0.15, 0.2) is 0 Å². The molecular weight excluding hydrogens is 302 g/mol. The van der Waals surface area contributed by atoms with E-state index in [1.165, 1.54) is 0 Å². The average Bonchev–Trinajstić information content (AvgIpc) is 2.65. The zero-order valence-electron chi connectivity index (χ0n) is 12.8. The van der Waals surface area contributed by atoms with Gasteiger partial charge in [-0.3, -0.25) is 9.78 Å². The van der Waals surface area contributed by atoms with E-state index in [9.17, 15) is 4.79 Å². The highest BCUT2D eigenvalue weighted by molar-refractivity contribution is 5.94. The second kappa shape index (κ2) is 7.69. The number of hydrogen-bond donors (Lipinski definition) is 1. The monoisotopic (exact) mass is 317 g/mol. The first kappa shape index (κ1) is 15.4. The Balaban J connectivity index is 1.57. The lowest BCUT2D eigenvalue weighted by Crippen LogP contribution is -2.17. The number of carbonyl (C=O) groups is 1. The third kappa shape index (κ3) is 4.27. The topological polar surface area (TPSA) is 63.6 Å². The van der Waals surface area contributed by atoms with Crippen LogP contribution in [0.25, 0.3) is 0 Å². The molecule has 0 saturated carbocycles. The molecule has 2 aromatic carbocycles. The van der Waals surface area contributed by atoms with Gasteiger partial charge in [-0.2, -0.15) is 5.10 Å². The molecule has 24 heavy (non-hydrogen) atoms. The fourth-order valence-corrected chi connectivity index (χ4v) is 1.98. The van der Waals surface area contributed by atoms with Crippen LogP contribution in [0.4, 0.5) is 0 Å². The molecule has 1 N–H and O–H groups in total. The highest BCUT2D eigenvalue weighted by Crippen LogP contribution is 2.20. The lowest BCUT2D eigenvalue weighted by Gasteiger charge is -2.05. The van der Waals surface area contributed by atoms with Gasteiger partial charge in [-0.1, -0.05) is 18.2 Å². The fraction of sp³-hybridized carbons (Fsp3) is 0. The minimum atomic E-state index is -0.280. The summed E-state index contributed by atoms with van der Waals surface area (Å²) in [7, 11) is 0. The number of aromatic nitrogens is 1. The van der Waals surface area contributed by atoms with Crippen molar-refractivity contribution in [1.29, 1.82) is 0 Å². The van der Waals surface area contributed by atoms with Crippen molar-refractivity contribution in [2.75, 3.05) is 0 Å². The number of carbonyl (C=O) groups excluding carboxylic acids is 1. The molecule has 1 heterocycles. The standard InChI is InChI=1S/C19H15N3O2/c23-19(16-10-12-20-13-11-16)22-21-14-15-6-8-18(9-7-15)24-17-4-2-1-3-5-17/h1-14H,(H,22,23). The maximum Gasteiger partial charge on any atom is 0.271 e. The van der Waals surface area contributed by atoms with Crippen LogP contribution in [0.1, 0.15) is 15.9 Å². The molecule has 118 valence electrons. The molecule has 0 aliphatic carbocycles. The summed E-state index contributed by atoms with van der Waals surface area (Å²) in [6.45, 7) is 0. The molecule has 5 heteroatoms. The number of rotatable bonds is 5. The first-order valence-electron chi connectivity index (χ1n) is 7.38. The summed E-state index contributed by atoms with van der Waals surface area (Å²) in [5, 5.41) is 3.95. The third-order valence-electron chi connectivity index (χ3n) is 3.18. The van der Waals surface area contributed by atoms with Crippen molar-refractivity contribution < 1.29 is 9.53 Å². The minimum Gasteiger partial charge on any atom is -0.457 e. The van der Waals surface area contributed by atoms with Crippen LogP contribution in [0.5, 0.6) is 11.5 Å². The average molecular weight is 317 g/mol. The molecule has 3 aromatic rings. The molecule has 0 bridgehead atoms. The predicted molar refractivity (Wildman–Crippen MR) is 92.3 cm³/mol. The van der Waals surface area contributed by atoms with Crippen molar-refractivity contribution in [2.24, 2.45) is 5.10 Å². The van der Waals surface area contributed by atoms with E-state index in [0.717, 1.165) is 17.1 Å². The number of pyridine rings is 1. The summed E-state index contributed by atoms with van der Waals surface area (Å²) in [5.74, 6) is 1.24. The molecule has 0 radical (unpaired) electrons. The normalized spacial score (nSPS) is 10.5. The van der Waals surface area contributed by atoms with E-state index in [4.69, 9.17) is 4.74 Å². The molecule has 0 aliphatic heterocycles. The van der Waals surface area contributed by atoms with Gasteiger partial charge in [0, 0.05) is 18.0 Å². The number of ether oxygens (including phenoxy) is 1. The molecule has 0 fully saturated rings. The third-order valence-corrected chi connectivity index (χ3v) is 3.18. The van der Waals surface area contributed by atoms with Crippen molar-refractivity contribution in [3.63, 3.8) is 0 Å². The number of amides is 1. The van der Waals surface area contributed by atoms with Gasteiger partial charge in [0.2, 0.25) is 0 Å². The first-order valence-corrected chi connectivity index (χ1v) is 7.38. The van der Waals surface area contributed by atoms with Gasteiger partial charge in [-0.25, -0.2) is 5.43 Å². The van der Waals surface area contributed by atoms with E-state index >= 15 is 0 Å². The van der Waals surface area contributed by atoms with Crippen LogP contribution in [0.3, 0.4) is 0 Å². The molecule has 1 aromatic heterocycles. The summed E-state index contributed by atoms with van der Waals surface area (Å²) >= 11 is 0. The Morgan fingerprint density at radius 2 is 1.58 bits per heavy atom. The minimum absolute atomic E-state index is 0.280. The Bertz CT molecular complexity index is 816. The number of benzene rings is 2. The zero-order chi connectivity index (χ0) is 16.6. The van der Waals surface area contributed by atoms with Crippen LogP contribution in [0.15, 0.2) is 84.2 Å². The smallest absolute Gasteiger partial charge is 0.271 e. The Morgan fingerprint density at radius 3 is 2.29 bits per heavy atom. The van der Waals surface area contributed by atoms with Gasteiger partial charge < -0.3 is 4.74 Å². The van der Waals surface area contributed by atoms with Gasteiger partial charge in [-0.05, 0) is 54.1 Å². The SMILES string of the molecule is O=C(NN=Cc1ccc(Oc2ccccc2)cc1)c1ccncc1. The first-order chi connectivity index (χ1) is 11.8. The molecule has 0 atom stereocenters. The summed E-state index contributed by atoms with van der Waals surface area (Å²) in [6.07, 6.45) is 4.69. The van der Waals surface area contributed by atoms with Crippen molar-refractivity contribution in [1.82, 2.24) is 10.4 Å². The van der Waals surface area contributed by atoms with E-state index in [-0.39, 0.29) is 5.91 Å². The molecule has 3 rings (SSSR count). The highest BCUT2D eigenvalue weighted by atomic mass is 16.5. The quantitative estimate of drug-likeness (QED) is 0.577.